The number of aromatic nitrogens is 3. The highest BCUT2D eigenvalue weighted by Crippen LogP contribution is 2.41. The van der Waals surface area contributed by atoms with Gasteiger partial charge in [0.1, 0.15) is 29.5 Å². The van der Waals surface area contributed by atoms with Crippen LogP contribution < -0.4 is 11.1 Å². The summed E-state index contributed by atoms with van der Waals surface area (Å²) in [5.41, 5.74) is -4.08. The van der Waals surface area contributed by atoms with Gasteiger partial charge >= 0.3 is 17.9 Å². The van der Waals surface area contributed by atoms with Gasteiger partial charge in [-0.15, -0.1) is 18.3 Å². The molecule has 2 heterocycles. The second kappa shape index (κ2) is 12.9. The van der Waals surface area contributed by atoms with Crippen LogP contribution in [0.3, 0.4) is 0 Å². The normalized spacial score (nSPS) is 12.4. The summed E-state index contributed by atoms with van der Waals surface area (Å²) in [5.74, 6) is -1.87. The molecule has 9 nitrogen and oxygen atoms in total. The number of anilines is 1. The molecular formula is C21H10Cl2F9N7O2S. The summed E-state index contributed by atoms with van der Waals surface area (Å²) >= 11 is 7.77. The quantitative estimate of drug-likeness (QED) is 0.208. The molecule has 0 fully saturated rings. The number of nitrogens with two attached hydrogens (primary N) is 1. The fraction of sp³-hybridized carbons (Fsp3) is 0.190. The van der Waals surface area contributed by atoms with Crippen molar-refractivity contribution in [2.24, 2.45) is 0 Å². The van der Waals surface area contributed by atoms with Gasteiger partial charge in [-0.1, -0.05) is 23.2 Å². The zero-order chi connectivity index (χ0) is 32.2. The van der Waals surface area contributed by atoms with Crippen LogP contribution in [-0.4, -0.2) is 37.3 Å². The lowest BCUT2D eigenvalue weighted by Gasteiger charge is -2.14. The van der Waals surface area contributed by atoms with Crippen LogP contribution in [0.1, 0.15) is 27.2 Å². The molecule has 0 saturated carbocycles. The van der Waals surface area contributed by atoms with Crippen molar-refractivity contribution in [3.8, 4) is 17.8 Å². The lowest BCUT2D eigenvalue weighted by Crippen LogP contribution is -2.26. The zero-order valence-corrected chi connectivity index (χ0v) is 22.1. The molecule has 0 aliphatic rings. The molecule has 21 heteroatoms. The fourth-order valence-electron chi connectivity index (χ4n) is 2.93. The summed E-state index contributed by atoms with van der Waals surface area (Å²) in [6, 6.07) is 4.49. The van der Waals surface area contributed by atoms with Crippen LogP contribution >= 0.6 is 23.2 Å². The van der Waals surface area contributed by atoms with Gasteiger partial charge in [-0.25, -0.2) is 4.68 Å². The molecule has 224 valence electrons. The van der Waals surface area contributed by atoms with Crippen molar-refractivity contribution in [1.29, 1.82) is 10.5 Å². The van der Waals surface area contributed by atoms with E-state index < -0.39 is 83.8 Å². The zero-order valence-electron chi connectivity index (χ0n) is 19.8. The number of carbonyl (C=O) groups is 1. The van der Waals surface area contributed by atoms with Crippen LogP contribution in [0.5, 0.6) is 0 Å². The number of nitrogens with zero attached hydrogens (tertiary/aromatic N) is 5. The monoisotopic (exact) mass is 665 g/mol. The number of nitriles is 2. The van der Waals surface area contributed by atoms with Crippen LogP contribution in [0.2, 0.25) is 10.0 Å². The van der Waals surface area contributed by atoms with Crippen molar-refractivity contribution in [1.82, 2.24) is 20.1 Å². The van der Waals surface area contributed by atoms with E-state index in [-0.39, 0.29) is 6.54 Å². The maximum atomic E-state index is 12.7. The van der Waals surface area contributed by atoms with Gasteiger partial charge in [-0.3, -0.25) is 9.78 Å². The molecule has 1 atom stereocenters. The molecule has 3 rings (SSSR count). The minimum Gasteiger partial charge on any atom is -0.604 e. The van der Waals surface area contributed by atoms with Crippen LogP contribution in [0, 0.1) is 22.7 Å². The third-order valence-electron chi connectivity index (χ3n) is 4.63. The van der Waals surface area contributed by atoms with Crippen molar-refractivity contribution < 1.29 is 48.9 Å². The van der Waals surface area contributed by atoms with Gasteiger partial charge in [0.15, 0.2) is 5.82 Å². The second-order valence-electron chi connectivity index (χ2n) is 7.35. The highest BCUT2D eigenvalue weighted by Gasteiger charge is 2.50. The molecule has 0 aliphatic heterocycles. The number of nitrogens with one attached hydrogen (secondary N) is 1. The minimum atomic E-state index is -5.25. The number of pyridine rings is 1. The first-order chi connectivity index (χ1) is 19.2. The number of halogens is 11. The highest BCUT2D eigenvalue weighted by atomic mass is 35.5. The molecular weight excluding hydrogens is 656 g/mol. The van der Waals surface area contributed by atoms with E-state index in [0.717, 1.165) is 12.4 Å². The average molecular weight is 666 g/mol. The number of nitrogen functional groups attached to an aromatic ring is 1. The molecule has 0 radical (unpaired) electrons. The topological polar surface area (TPSA) is 156 Å². The third-order valence-corrected chi connectivity index (χ3v) is 6.40. The Kier molecular flexibility index (Phi) is 10.6. The number of carbonyl (C=O) groups excluding carboxylic acids is 1. The minimum absolute atomic E-state index is 0.356. The maximum Gasteiger partial charge on any atom is 0.578 e. The Morgan fingerprint density at radius 1 is 1.07 bits per heavy atom. The molecule has 1 amide bonds. The Morgan fingerprint density at radius 2 is 1.64 bits per heavy atom. The van der Waals surface area contributed by atoms with Crippen LogP contribution in [0.4, 0.5) is 45.3 Å². The Bertz CT molecular complexity index is 1540. The SMILES string of the molecule is N#CCNC(=O)c1cnccc1C(F)(F)F.N#Cc1nn(-c2c(Cl)cc(C(F)(F)F)cc2Cl)c(N)c1[S+]([O-])C(F)(F)F. The molecule has 1 unspecified atom stereocenters. The van der Waals surface area contributed by atoms with Crippen molar-refractivity contribution in [2.45, 2.75) is 22.8 Å². The summed E-state index contributed by atoms with van der Waals surface area (Å²) in [7, 11) is 0. The average Bonchev–Trinajstić information content (AvgIpc) is 3.20. The van der Waals surface area contributed by atoms with Crippen molar-refractivity contribution in [2.75, 3.05) is 12.3 Å². The lowest BCUT2D eigenvalue weighted by atomic mass is 10.1. The Labute approximate surface area is 241 Å². The molecule has 3 N–H and O–H groups in total. The molecule has 0 aliphatic carbocycles. The van der Waals surface area contributed by atoms with E-state index in [1.807, 2.05) is 5.32 Å². The van der Waals surface area contributed by atoms with E-state index in [1.54, 1.807) is 6.07 Å². The van der Waals surface area contributed by atoms with E-state index in [0.29, 0.717) is 22.9 Å². The molecule has 0 bridgehead atoms. The molecule has 2 aromatic heterocycles. The van der Waals surface area contributed by atoms with E-state index in [4.69, 9.17) is 39.5 Å². The van der Waals surface area contributed by atoms with Gasteiger partial charge in [-0.05, 0) is 18.2 Å². The Hall–Kier alpha value is -3.91. The largest absolute Gasteiger partial charge is 0.604 e. The summed E-state index contributed by atoms with van der Waals surface area (Å²) in [6.07, 6.45) is -7.65. The van der Waals surface area contributed by atoms with Crippen molar-refractivity contribution in [3.63, 3.8) is 0 Å². The van der Waals surface area contributed by atoms with Gasteiger partial charge in [-0.2, -0.15) is 36.9 Å². The number of amides is 1. The van der Waals surface area contributed by atoms with Gasteiger partial charge in [0, 0.05) is 12.4 Å². The maximum absolute atomic E-state index is 12.7. The molecule has 1 aromatic carbocycles. The van der Waals surface area contributed by atoms with E-state index in [2.05, 4.69) is 10.1 Å². The summed E-state index contributed by atoms with van der Waals surface area (Å²) in [4.78, 5) is 13.6. The number of hydrogen-bond acceptors (Lipinski definition) is 7. The molecule has 42 heavy (non-hydrogen) atoms. The lowest BCUT2D eigenvalue weighted by molar-refractivity contribution is -0.138. The number of benzene rings is 1. The second-order valence-corrected chi connectivity index (χ2v) is 9.57. The summed E-state index contributed by atoms with van der Waals surface area (Å²) in [6.45, 7) is -0.356. The van der Waals surface area contributed by atoms with E-state index >= 15 is 0 Å². The molecule has 0 saturated heterocycles. The smallest absolute Gasteiger partial charge is 0.578 e. The van der Waals surface area contributed by atoms with Crippen LogP contribution in [0.25, 0.3) is 5.69 Å². The fourth-order valence-corrected chi connectivity index (χ4v) is 4.35. The van der Waals surface area contributed by atoms with E-state index in [1.165, 1.54) is 6.07 Å². The molecule has 0 spiro atoms. The van der Waals surface area contributed by atoms with Crippen molar-refractivity contribution in [3.05, 3.63) is 63.0 Å². The Morgan fingerprint density at radius 3 is 2.10 bits per heavy atom. The van der Waals surface area contributed by atoms with Gasteiger partial charge in [0.05, 0.1) is 32.8 Å². The number of rotatable bonds is 4. The van der Waals surface area contributed by atoms with E-state index in [9.17, 15) is 48.9 Å². The molecule has 3 aromatic rings. The first-order valence-electron chi connectivity index (χ1n) is 10.3. The van der Waals surface area contributed by atoms with Gasteiger partial charge < -0.3 is 15.6 Å². The predicted molar refractivity (Wildman–Crippen MR) is 127 cm³/mol. The summed E-state index contributed by atoms with van der Waals surface area (Å²) in [5, 5.41) is 21.3. The predicted octanol–water partition coefficient (Wildman–Crippen LogP) is 5.63. The van der Waals surface area contributed by atoms with Crippen molar-refractivity contribution >= 4 is 46.1 Å². The number of alkyl halides is 9. The standard InChI is InChI=1S/C12H4Cl2F6N4OS.C9H6F3N3O/c13-5-1-4(11(15,16)17)2-6(14)8(5)24-10(22)9(7(3-21)23-24)26(25)12(18,19)20;10-9(11,12)7-1-3-14-5-6(7)8(16)15-4-2-13/h1-2H,22H2;1,3,5H,4H2,(H,15,16). The van der Waals surface area contributed by atoms with Gasteiger partial charge in [0.25, 0.3) is 5.91 Å². The van der Waals surface area contributed by atoms with Gasteiger partial charge in [0.2, 0.25) is 10.6 Å². The number of hydrogen-bond donors (Lipinski definition) is 2. The summed E-state index contributed by atoms with van der Waals surface area (Å²) < 4.78 is 126. The highest BCUT2D eigenvalue weighted by molar-refractivity contribution is 7.92. The van der Waals surface area contributed by atoms with Crippen LogP contribution in [-0.2, 0) is 23.5 Å². The Balaban J connectivity index is 0.000000330. The van der Waals surface area contributed by atoms with Crippen LogP contribution in [0.15, 0.2) is 35.5 Å². The third kappa shape index (κ3) is 7.88. The first kappa shape index (κ1) is 34.3. The first-order valence-corrected chi connectivity index (χ1v) is 12.2.